The lowest BCUT2D eigenvalue weighted by Gasteiger charge is -2.37. The van der Waals surface area contributed by atoms with Crippen molar-refractivity contribution in [3.05, 3.63) is 33.2 Å². The van der Waals surface area contributed by atoms with E-state index < -0.39 is 11.9 Å². The molecule has 0 fully saturated rings. The number of aliphatic imine (C=N–C) groups is 1. The summed E-state index contributed by atoms with van der Waals surface area (Å²) in [6, 6.07) is 1.95. The molecule has 0 saturated carbocycles. The zero-order valence-electron chi connectivity index (χ0n) is 17.7. The number of amides is 1. The van der Waals surface area contributed by atoms with Crippen molar-refractivity contribution in [3.8, 4) is 5.88 Å². The van der Waals surface area contributed by atoms with Gasteiger partial charge < -0.3 is 14.4 Å². The van der Waals surface area contributed by atoms with Crippen LogP contribution in [0.3, 0.4) is 0 Å². The quantitative estimate of drug-likeness (QED) is 0.371. The van der Waals surface area contributed by atoms with Crippen LogP contribution in [0.4, 0.5) is 5.69 Å². The molecule has 1 atom stereocenters. The Morgan fingerprint density at radius 1 is 1.45 bits per heavy atom. The Labute approximate surface area is 188 Å². The molecule has 162 valence electrons. The van der Waals surface area contributed by atoms with Gasteiger partial charge in [-0.1, -0.05) is 18.5 Å². The van der Waals surface area contributed by atoms with E-state index in [9.17, 15) is 14.7 Å². The molecule has 0 aliphatic carbocycles. The minimum atomic E-state index is -0.655. The van der Waals surface area contributed by atoms with Gasteiger partial charge in [-0.25, -0.2) is 4.79 Å². The van der Waals surface area contributed by atoms with Gasteiger partial charge in [0.1, 0.15) is 0 Å². The first-order valence-corrected chi connectivity index (χ1v) is 10.8. The summed E-state index contributed by atoms with van der Waals surface area (Å²) < 4.78 is 6.42. The average molecular weight is 461 g/mol. The predicted molar refractivity (Wildman–Crippen MR) is 120 cm³/mol. The van der Waals surface area contributed by atoms with E-state index in [1.54, 1.807) is 0 Å². The monoisotopic (exact) mass is 460 g/mol. The van der Waals surface area contributed by atoms with Gasteiger partial charge in [-0.15, -0.1) is 10.2 Å². The molecule has 2 aromatic rings. The highest BCUT2D eigenvalue weighted by Crippen LogP contribution is 2.52. The summed E-state index contributed by atoms with van der Waals surface area (Å²) in [6.45, 7) is 8.15. The molecule has 2 aliphatic heterocycles. The van der Waals surface area contributed by atoms with Crippen LogP contribution in [-0.4, -0.2) is 33.8 Å². The number of benzene rings is 1. The average Bonchev–Trinajstić information content (AvgIpc) is 3.19. The summed E-state index contributed by atoms with van der Waals surface area (Å²) in [6.07, 6.45) is 1.89. The standard InChI is InChI=1S/C21H21ClN4O4S/c1-9-8-21(3,4)26-17-11(9)6-12(22)10(2)15(17)16(19(26)29)24-25-20-23-18(28)13(31-20)7-14(27)30-5/h6-7,9,29H,8H2,1-5H3/b13-7-,25-24?. The molecule has 0 bridgehead atoms. The van der Waals surface area contributed by atoms with Crippen LogP contribution >= 0.6 is 23.4 Å². The number of nitrogens with zero attached hydrogens (tertiary/aromatic N) is 4. The highest BCUT2D eigenvalue weighted by Gasteiger charge is 2.37. The van der Waals surface area contributed by atoms with Gasteiger partial charge in [0.2, 0.25) is 11.0 Å². The van der Waals surface area contributed by atoms with Crippen molar-refractivity contribution in [1.82, 2.24) is 4.57 Å². The van der Waals surface area contributed by atoms with Gasteiger partial charge >= 0.3 is 5.97 Å². The maximum atomic E-state index is 12.0. The number of esters is 1. The zero-order chi connectivity index (χ0) is 22.7. The Balaban J connectivity index is 1.84. The van der Waals surface area contributed by atoms with Gasteiger partial charge in [0.25, 0.3) is 5.91 Å². The molecule has 8 nitrogen and oxygen atoms in total. The maximum absolute atomic E-state index is 12.0. The lowest BCUT2D eigenvalue weighted by atomic mass is 9.82. The van der Waals surface area contributed by atoms with Gasteiger partial charge in [0.05, 0.1) is 17.5 Å². The highest BCUT2D eigenvalue weighted by molar-refractivity contribution is 8.18. The molecule has 0 spiro atoms. The number of rotatable bonds is 2. The van der Waals surface area contributed by atoms with Crippen LogP contribution in [0.5, 0.6) is 5.88 Å². The summed E-state index contributed by atoms with van der Waals surface area (Å²) in [4.78, 5) is 27.3. The number of azo groups is 1. The van der Waals surface area contributed by atoms with Crippen molar-refractivity contribution < 1.29 is 19.4 Å². The van der Waals surface area contributed by atoms with Crippen molar-refractivity contribution in [2.75, 3.05) is 7.11 Å². The first-order chi connectivity index (χ1) is 14.5. The van der Waals surface area contributed by atoms with E-state index in [0.29, 0.717) is 5.02 Å². The Morgan fingerprint density at radius 3 is 2.84 bits per heavy atom. The third-order valence-electron chi connectivity index (χ3n) is 5.65. The molecule has 2 aliphatic rings. The van der Waals surface area contributed by atoms with Crippen LogP contribution in [0.2, 0.25) is 5.02 Å². The van der Waals surface area contributed by atoms with Crippen molar-refractivity contribution >= 4 is 57.0 Å². The fraction of sp³-hybridized carbons (Fsp3) is 0.381. The van der Waals surface area contributed by atoms with Crippen molar-refractivity contribution in [3.63, 3.8) is 0 Å². The molecule has 3 heterocycles. The summed E-state index contributed by atoms with van der Waals surface area (Å²) in [5, 5.41) is 20.8. The zero-order valence-corrected chi connectivity index (χ0v) is 19.3. The molecule has 10 heteroatoms. The minimum Gasteiger partial charge on any atom is -0.493 e. The SMILES string of the molecule is COC(=O)/C=C1\SC(N=Nc2c(O)n3c4c(cc(Cl)c(C)c24)C(C)CC3(C)C)=NC1=O. The van der Waals surface area contributed by atoms with Crippen molar-refractivity contribution in [2.45, 2.75) is 45.6 Å². The van der Waals surface area contributed by atoms with Crippen molar-refractivity contribution in [2.24, 2.45) is 15.2 Å². The number of aryl methyl sites for hydroxylation is 1. The predicted octanol–water partition coefficient (Wildman–Crippen LogP) is 5.32. The lowest BCUT2D eigenvalue weighted by Crippen LogP contribution is -2.31. The smallest absolute Gasteiger partial charge is 0.331 e. The molecular formula is C21H21ClN4O4S. The molecule has 1 amide bonds. The lowest BCUT2D eigenvalue weighted by molar-refractivity contribution is -0.135. The van der Waals surface area contributed by atoms with Gasteiger partial charge in [-0.3, -0.25) is 4.79 Å². The second-order valence-electron chi connectivity index (χ2n) is 8.25. The summed E-state index contributed by atoms with van der Waals surface area (Å²) in [5.41, 5.74) is 2.67. The Kier molecular flexibility index (Phi) is 5.21. The van der Waals surface area contributed by atoms with Crippen LogP contribution < -0.4 is 0 Å². The number of carbonyl (C=O) groups excluding carboxylic acids is 2. The Morgan fingerprint density at radius 2 is 2.16 bits per heavy atom. The van der Waals surface area contributed by atoms with E-state index in [1.807, 2.05) is 17.6 Å². The van der Waals surface area contributed by atoms with Gasteiger partial charge in [0, 0.05) is 22.0 Å². The van der Waals surface area contributed by atoms with Crippen LogP contribution in [0.25, 0.3) is 10.9 Å². The van der Waals surface area contributed by atoms with E-state index in [-0.39, 0.29) is 33.1 Å². The molecule has 0 radical (unpaired) electrons. The first-order valence-electron chi connectivity index (χ1n) is 9.64. The van der Waals surface area contributed by atoms with E-state index in [2.05, 4.69) is 40.7 Å². The maximum Gasteiger partial charge on any atom is 0.331 e. The minimum absolute atomic E-state index is 0.0116. The number of hydrogen-bond donors (Lipinski definition) is 1. The highest BCUT2D eigenvalue weighted by atomic mass is 35.5. The summed E-state index contributed by atoms with van der Waals surface area (Å²) in [5.74, 6) is -1.01. The van der Waals surface area contributed by atoms with Gasteiger partial charge in [0.15, 0.2) is 5.69 Å². The van der Waals surface area contributed by atoms with Crippen LogP contribution in [0.1, 0.15) is 44.2 Å². The molecule has 0 saturated heterocycles. The molecule has 1 aromatic carbocycles. The summed E-state index contributed by atoms with van der Waals surface area (Å²) >= 11 is 7.42. The molecule has 31 heavy (non-hydrogen) atoms. The third kappa shape index (κ3) is 3.45. The van der Waals surface area contributed by atoms with E-state index in [1.165, 1.54) is 7.11 Å². The van der Waals surface area contributed by atoms with E-state index >= 15 is 0 Å². The van der Waals surface area contributed by atoms with Gasteiger partial charge in [-0.05, 0) is 62.1 Å². The fourth-order valence-electron chi connectivity index (χ4n) is 4.32. The normalized spacial score (nSPS) is 21.4. The van der Waals surface area contributed by atoms with Gasteiger partial charge in [-0.2, -0.15) is 4.99 Å². The molecule has 1 aromatic heterocycles. The second-order valence-corrected chi connectivity index (χ2v) is 9.67. The number of ether oxygens (including phenoxy) is 1. The number of aromatic nitrogens is 1. The topological polar surface area (TPSA) is 106 Å². The number of methoxy groups -OCH3 is 1. The molecular weight excluding hydrogens is 440 g/mol. The molecule has 4 rings (SSSR count). The largest absolute Gasteiger partial charge is 0.493 e. The van der Waals surface area contributed by atoms with E-state index in [4.69, 9.17) is 11.6 Å². The van der Waals surface area contributed by atoms with Crippen molar-refractivity contribution in [1.29, 1.82) is 0 Å². The van der Waals surface area contributed by atoms with Crippen LogP contribution in [0, 0.1) is 6.92 Å². The Bertz CT molecular complexity index is 1240. The number of thioether (sulfide) groups is 1. The number of carbonyl (C=O) groups is 2. The van der Waals surface area contributed by atoms with Crippen LogP contribution in [0.15, 0.2) is 32.3 Å². The Hall–Kier alpha value is -2.65. The molecule has 1 unspecified atom stereocenters. The fourth-order valence-corrected chi connectivity index (χ4v) is 5.23. The number of hydrogen-bond acceptors (Lipinski definition) is 7. The summed E-state index contributed by atoms with van der Waals surface area (Å²) in [7, 11) is 1.22. The number of aromatic hydroxyl groups is 1. The van der Waals surface area contributed by atoms with E-state index in [0.717, 1.165) is 46.3 Å². The third-order valence-corrected chi connectivity index (χ3v) is 6.91. The number of amidine groups is 1. The molecule has 1 N–H and O–H groups in total. The van der Waals surface area contributed by atoms with Crippen LogP contribution in [-0.2, 0) is 19.9 Å². The second kappa shape index (κ2) is 7.49. The number of halogens is 1. The first kappa shape index (κ1) is 21.6.